The molecule has 4 heteroatoms. The van der Waals surface area contributed by atoms with Gasteiger partial charge in [-0.3, -0.25) is 4.79 Å². The molecule has 2 aromatic carbocycles. The highest BCUT2D eigenvalue weighted by atomic mass is 19.1. The van der Waals surface area contributed by atoms with Crippen LogP contribution in [0.25, 0.3) is 0 Å². The van der Waals surface area contributed by atoms with Crippen LogP contribution in [0.1, 0.15) is 22.3 Å². The number of hydrogen-bond acceptors (Lipinski definition) is 2. The standard InChI is InChI=1S/C16H15FN2O/c17-13-8-3-7-12(15(13)18)16(20)19-10-4-6-11-5-1-2-9-14(11)19/h1-3,5,7-9H,4,6,10,18H2. The third-order valence-corrected chi connectivity index (χ3v) is 3.64. The molecule has 0 saturated heterocycles. The van der Waals surface area contributed by atoms with E-state index in [2.05, 4.69) is 0 Å². The molecule has 0 radical (unpaired) electrons. The number of rotatable bonds is 1. The summed E-state index contributed by atoms with van der Waals surface area (Å²) < 4.78 is 13.5. The zero-order valence-corrected chi connectivity index (χ0v) is 11.0. The van der Waals surface area contributed by atoms with Crippen LogP contribution >= 0.6 is 0 Å². The van der Waals surface area contributed by atoms with Gasteiger partial charge in [0.2, 0.25) is 0 Å². The number of anilines is 2. The van der Waals surface area contributed by atoms with E-state index < -0.39 is 5.82 Å². The van der Waals surface area contributed by atoms with Gasteiger partial charge in [0.1, 0.15) is 5.82 Å². The number of amides is 1. The molecule has 1 heterocycles. The minimum Gasteiger partial charge on any atom is -0.396 e. The van der Waals surface area contributed by atoms with E-state index in [1.165, 1.54) is 12.1 Å². The highest BCUT2D eigenvalue weighted by molar-refractivity contribution is 6.09. The Morgan fingerprint density at radius 1 is 1.15 bits per heavy atom. The molecule has 0 fully saturated rings. The molecule has 3 nitrogen and oxygen atoms in total. The fraction of sp³-hybridized carbons (Fsp3) is 0.188. The normalized spacial score (nSPS) is 13.9. The average Bonchev–Trinajstić information content (AvgIpc) is 2.49. The number of nitrogens with two attached hydrogens (primary N) is 1. The van der Waals surface area contributed by atoms with Crippen molar-refractivity contribution in [3.8, 4) is 0 Å². The highest BCUT2D eigenvalue weighted by Crippen LogP contribution is 2.29. The minimum atomic E-state index is -0.554. The van der Waals surface area contributed by atoms with E-state index >= 15 is 0 Å². The van der Waals surface area contributed by atoms with Crippen molar-refractivity contribution >= 4 is 17.3 Å². The first-order valence-corrected chi connectivity index (χ1v) is 6.62. The van der Waals surface area contributed by atoms with Crippen molar-refractivity contribution in [2.24, 2.45) is 0 Å². The molecule has 0 atom stereocenters. The molecule has 0 aliphatic carbocycles. The summed E-state index contributed by atoms with van der Waals surface area (Å²) in [6.45, 7) is 0.631. The van der Waals surface area contributed by atoms with Gasteiger partial charge in [0.15, 0.2) is 0 Å². The lowest BCUT2D eigenvalue weighted by Crippen LogP contribution is -2.35. The predicted octanol–water partition coefficient (Wildman–Crippen LogP) is 3.00. The van der Waals surface area contributed by atoms with Gasteiger partial charge in [0.25, 0.3) is 5.91 Å². The molecule has 2 aromatic rings. The first-order valence-electron chi connectivity index (χ1n) is 6.62. The second-order valence-electron chi connectivity index (χ2n) is 4.89. The summed E-state index contributed by atoms with van der Waals surface area (Å²) in [6, 6.07) is 12.1. The van der Waals surface area contributed by atoms with E-state index in [0.717, 1.165) is 24.1 Å². The van der Waals surface area contributed by atoms with Crippen LogP contribution in [0.5, 0.6) is 0 Å². The SMILES string of the molecule is Nc1c(F)cccc1C(=O)N1CCCc2ccccc21. The van der Waals surface area contributed by atoms with Gasteiger partial charge < -0.3 is 10.6 Å². The number of halogens is 1. The molecular weight excluding hydrogens is 255 g/mol. The Labute approximate surface area is 116 Å². The fourth-order valence-corrected chi connectivity index (χ4v) is 2.61. The summed E-state index contributed by atoms with van der Waals surface area (Å²) in [5, 5.41) is 0. The summed E-state index contributed by atoms with van der Waals surface area (Å²) in [4.78, 5) is 14.3. The third-order valence-electron chi connectivity index (χ3n) is 3.64. The van der Waals surface area contributed by atoms with Crippen molar-refractivity contribution < 1.29 is 9.18 Å². The van der Waals surface area contributed by atoms with E-state index in [0.29, 0.717) is 6.54 Å². The molecule has 1 aliphatic heterocycles. The Morgan fingerprint density at radius 3 is 2.80 bits per heavy atom. The van der Waals surface area contributed by atoms with Crippen LogP contribution in [0.4, 0.5) is 15.8 Å². The molecule has 0 saturated carbocycles. The number of hydrogen-bond donors (Lipinski definition) is 1. The smallest absolute Gasteiger partial charge is 0.260 e. The molecule has 0 unspecified atom stereocenters. The van der Waals surface area contributed by atoms with Gasteiger partial charge in [0.05, 0.1) is 11.3 Å². The van der Waals surface area contributed by atoms with Gasteiger partial charge in [-0.05, 0) is 36.6 Å². The second kappa shape index (κ2) is 4.96. The molecule has 0 spiro atoms. The maximum Gasteiger partial charge on any atom is 0.260 e. The predicted molar refractivity (Wildman–Crippen MR) is 77.3 cm³/mol. The molecule has 102 valence electrons. The maximum atomic E-state index is 13.5. The molecule has 2 N–H and O–H groups in total. The van der Waals surface area contributed by atoms with Gasteiger partial charge in [-0.15, -0.1) is 0 Å². The van der Waals surface area contributed by atoms with Crippen molar-refractivity contribution in [3.05, 3.63) is 59.4 Å². The number of benzene rings is 2. The summed E-state index contributed by atoms with van der Waals surface area (Å²) in [6.07, 6.45) is 1.86. The van der Waals surface area contributed by atoms with Crippen LogP contribution in [-0.4, -0.2) is 12.5 Å². The van der Waals surface area contributed by atoms with E-state index in [9.17, 15) is 9.18 Å². The van der Waals surface area contributed by atoms with Crippen molar-refractivity contribution in [3.63, 3.8) is 0 Å². The summed E-state index contributed by atoms with van der Waals surface area (Å²) in [5.41, 5.74) is 7.87. The summed E-state index contributed by atoms with van der Waals surface area (Å²) in [7, 11) is 0. The Morgan fingerprint density at radius 2 is 1.95 bits per heavy atom. The van der Waals surface area contributed by atoms with Gasteiger partial charge in [-0.1, -0.05) is 24.3 Å². The molecule has 3 rings (SSSR count). The number of carbonyl (C=O) groups excluding carboxylic acids is 1. The second-order valence-corrected chi connectivity index (χ2v) is 4.89. The average molecular weight is 270 g/mol. The van der Waals surface area contributed by atoms with Crippen molar-refractivity contribution in [1.29, 1.82) is 0 Å². The molecule has 1 amide bonds. The molecule has 20 heavy (non-hydrogen) atoms. The van der Waals surface area contributed by atoms with Crippen LogP contribution in [0.15, 0.2) is 42.5 Å². The maximum absolute atomic E-state index is 13.5. The van der Waals surface area contributed by atoms with E-state index in [1.54, 1.807) is 11.0 Å². The number of carbonyl (C=O) groups is 1. The number of nitrogen functional groups attached to an aromatic ring is 1. The topological polar surface area (TPSA) is 46.3 Å². The number of aryl methyl sites for hydroxylation is 1. The van der Waals surface area contributed by atoms with Crippen molar-refractivity contribution in [1.82, 2.24) is 0 Å². The van der Waals surface area contributed by atoms with Crippen molar-refractivity contribution in [2.45, 2.75) is 12.8 Å². The van der Waals surface area contributed by atoms with Gasteiger partial charge in [0, 0.05) is 12.2 Å². The monoisotopic (exact) mass is 270 g/mol. The Hall–Kier alpha value is -2.36. The lowest BCUT2D eigenvalue weighted by Gasteiger charge is -2.29. The van der Waals surface area contributed by atoms with Gasteiger partial charge in [-0.25, -0.2) is 4.39 Å². The zero-order chi connectivity index (χ0) is 14.1. The Balaban J connectivity index is 2.02. The van der Waals surface area contributed by atoms with Crippen molar-refractivity contribution in [2.75, 3.05) is 17.2 Å². The number of fused-ring (bicyclic) bond motifs is 1. The largest absolute Gasteiger partial charge is 0.396 e. The van der Waals surface area contributed by atoms with Crippen LogP contribution in [0.2, 0.25) is 0 Å². The Bertz CT molecular complexity index is 669. The molecule has 1 aliphatic rings. The van der Waals surface area contributed by atoms with Gasteiger partial charge in [-0.2, -0.15) is 0 Å². The Kier molecular flexibility index (Phi) is 3.14. The van der Waals surface area contributed by atoms with Crippen LogP contribution in [0.3, 0.4) is 0 Å². The number of para-hydroxylation sites is 2. The number of nitrogens with zero attached hydrogens (tertiary/aromatic N) is 1. The first-order chi connectivity index (χ1) is 9.68. The highest BCUT2D eigenvalue weighted by Gasteiger charge is 2.25. The van der Waals surface area contributed by atoms with Crippen LogP contribution < -0.4 is 10.6 Å². The van der Waals surface area contributed by atoms with E-state index in [1.807, 2.05) is 24.3 Å². The summed E-state index contributed by atoms with van der Waals surface area (Å²) >= 11 is 0. The van der Waals surface area contributed by atoms with Crippen LogP contribution in [-0.2, 0) is 6.42 Å². The minimum absolute atomic E-state index is 0.0828. The van der Waals surface area contributed by atoms with E-state index in [-0.39, 0.29) is 17.2 Å². The lowest BCUT2D eigenvalue weighted by atomic mass is 10.0. The molecular formula is C16H15FN2O. The van der Waals surface area contributed by atoms with E-state index in [4.69, 9.17) is 5.73 Å². The van der Waals surface area contributed by atoms with Crippen LogP contribution in [0, 0.1) is 5.82 Å². The summed E-state index contributed by atoms with van der Waals surface area (Å²) in [5.74, 6) is -0.796. The quantitative estimate of drug-likeness (QED) is 0.810. The molecule has 0 bridgehead atoms. The third kappa shape index (κ3) is 2.03. The zero-order valence-electron chi connectivity index (χ0n) is 11.0. The molecule has 0 aromatic heterocycles. The fourth-order valence-electron chi connectivity index (χ4n) is 2.61. The lowest BCUT2D eigenvalue weighted by molar-refractivity contribution is 0.0985. The first kappa shape index (κ1) is 12.7. The van der Waals surface area contributed by atoms with Gasteiger partial charge >= 0.3 is 0 Å².